The van der Waals surface area contributed by atoms with Crippen molar-refractivity contribution in [2.24, 2.45) is 11.1 Å². The van der Waals surface area contributed by atoms with E-state index in [2.05, 4.69) is 4.90 Å². The molecule has 92 valence electrons. The Labute approximate surface area is 101 Å². The molecule has 1 amide bonds. The van der Waals surface area contributed by atoms with E-state index < -0.39 is 5.91 Å². The van der Waals surface area contributed by atoms with Crippen LogP contribution in [0.3, 0.4) is 0 Å². The molecule has 2 saturated heterocycles. The van der Waals surface area contributed by atoms with E-state index in [9.17, 15) is 4.79 Å². The van der Waals surface area contributed by atoms with Gasteiger partial charge in [-0.3, -0.25) is 9.69 Å². The van der Waals surface area contributed by atoms with E-state index in [1.54, 1.807) is 6.08 Å². The molecular formula is C12H17N3O2. The molecule has 0 radical (unpaired) electrons. The van der Waals surface area contributed by atoms with Crippen LogP contribution in [0.25, 0.3) is 0 Å². The molecule has 0 saturated carbocycles. The number of nitriles is 1. The van der Waals surface area contributed by atoms with Gasteiger partial charge in [-0.05, 0) is 19.9 Å². The Kier molecular flexibility index (Phi) is 2.72. The van der Waals surface area contributed by atoms with Gasteiger partial charge in [-0.15, -0.1) is 0 Å². The van der Waals surface area contributed by atoms with Crippen molar-refractivity contribution >= 4 is 5.91 Å². The van der Waals surface area contributed by atoms with Crippen molar-refractivity contribution in [3.63, 3.8) is 0 Å². The average molecular weight is 235 g/mol. The minimum Gasteiger partial charge on any atom is -0.380 e. The van der Waals surface area contributed by atoms with Crippen LogP contribution in [0.2, 0.25) is 0 Å². The summed E-state index contributed by atoms with van der Waals surface area (Å²) in [6.45, 7) is 7.52. The molecule has 0 aromatic rings. The van der Waals surface area contributed by atoms with E-state index in [4.69, 9.17) is 15.7 Å². The fraction of sp³-hybridized carbons (Fsp3) is 0.667. The van der Waals surface area contributed by atoms with Gasteiger partial charge in [0.1, 0.15) is 11.6 Å². The van der Waals surface area contributed by atoms with E-state index in [1.165, 1.54) is 0 Å². The van der Waals surface area contributed by atoms with E-state index in [1.807, 2.05) is 19.9 Å². The van der Waals surface area contributed by atoms with Crippen LogP contribution in [-0.2, 0) is 9.53 Å². The lowest BCUT2D eigenvalue weighted by atomic mass is 9.75. The number of hydrogen-bond donors (Lipinski definition) is 1. The molecule has 2 rings (SSSR count). The van der Waals surface area contributed by atoms with Gasteiger partial charge in [0, 0.05) is 24.0 Å². The van der Waals surface area contributed by atoms with Crippen molar-refractivity contribution in [3.8, 4) is 6.07 Å². The first-order valence-corrected chi connectivity index (χ1v) is 5.64. The Balaban J connectivity index is 2.05. The number of nitrogens with two attached hydrogens (primary N) is 1. The van der Waals surface area contributed by atoms with Gasteiger partial charge in [0.2, 0.25) is 0 Å². The van der Waals surface area contributed by atoms with Gasteiger partial charge in [-0.1, -0.05) is 0 Å². The van der Waals surface area contributed by atoms with E-state index in [-0.39, 0.29) is 11.1 Å². The van der Waals surface area contributed by atoms with Crippen molar-refractivity contribution in [2.75, 3.05) is 26.3 Å². The smallest absolute Gasteiger partial charge is 0.259 e. The van der Waals surface area contributed by atoms with Crippen molar-refractivity contribution in [3.05, 3.63) is 11.6 Å². The quantitative estimate of drug-likeness (QED) is 0.553. The summed E-state index contributed by atoms with van der Waals surface area (Å²) >= 11 is 0. The molecule has 2 aliphatic rings. The normalized spacial score (nSPS) is 23.7. The highest BCUT2D eigenvalue weighted by molar-refractivity contribution is 5.96. The van der Waals surface area contributed by atoms with Crippen LogP contribution in [0, 0.1) is 16.7 Å². The Hall–Kier alpha value is -1.38. The summed E-state index contributed by atoms with van der Waals surface area (Å²) in [7, 11) is 0. The molecule has 2 fully saturated rings. The second-order valence-corrected chi connectivity index (χ2v) is 5.54. The Morgan fingerprint density at radius 3 is 2.47 bits per heavy atom. The van der Waals surface area contributed by atoms with Crippen LogP contribution < -0.4 is 5.73 Å². The lowest BCUT2D eigenvalue weighted by Crippen LogP contribution is -2.70. The van der Waals surface area contributed by atoms with Crippen LogP contribution >= 0.6 is 0 Å². The number of nitrogens with zero attached hydrogens (tertiary/aromatic N) is 2. The number of likely N-dealkylation sites (tertiary alicyclic amines) is 1. The Morgan fingerprint density at radius 1 is 1.53 bits per heavy atom. The molecular weight excluding hydrogens is 218 g/mol. The average Bonchev–Trinajstić information content (AvgIpc) is 2.08. The van der Waals surface area contributed by atoms with Gasteiger partial charge >= 0.3 is 0 Å². The number of primary amides is 1. The summed E-state index contributed by atoms with van der Waals surface area (Å²) in [5.41, 5.74) is 5.17. The van der Waals surface area contributed by atoms with Gasteiger partial charge in [0.25, 0.3) is 5.91 Å². The maximum Gasteiger partial charge on any atom is 0.259 e. The second kappa shape index (κ2) is 3.83. The van der Waals surface area contributed by atoms with E-state index >= 15 is 0 Å². The Morgan fingerprint density at radius 2 is 2.12 bits per heavy atom. The highest BCUT2D eigenvalue weighted by Crippen LogP contribution is 2.41. The molecule has 0 unspecified atom stereocenters. The van der Waals surface area contributed by atoms with Crippen LogP contribution in [0.1, 0.15) is 13.8 Å². The van der Waals surface area contributed by atoms with Crippen molar-refractivity contribution in [1.82, 2.24) is 4.90 Å². The van der Waals surface area contributed by atoms with Crippen LogP contribution in [0.5, 0.6) is 0 Å². The molecule has 2 aliphatic heterocycles. The standard InChI is InChI=1S/C12H17N3O2/c1-11(2,3-9(4-13)10(14)16)15-5-12(6-15)7-17-8-12/h3H,5-8H2,1-2H3,(H2,14,16). The topological polar surface area (TPSA) is 79.3 Å². The van der Waals surface area contributed by atoms with E-state index in [0.717, 1.165) is 26.3 Å². The van der Waals surface area contributed by atoms with E-state index in [0.29, 0.717) is 5.41 Å². The van der Waals surface area contributed by atoms with Crippen molar-refractivity contribution in [1.29, 1.82) is 5.26 Å². The first-order chi connectivity index (χ1) is 7.88. The Bertz CT molecular complexity index is 408. The fourth-order valence-electron chi connectivity index (χ4n) is 2.35. The highest BCUT2D eigenvalue weighted by Gasteiger charge is 2.52. The number of ether oxygens (including phenoxy) is 1. The molecule has 0 aromatic carbocycles. The largest absolute Gasteiger partial charge is 0.380 e. The zero-order valence-corrected chi connectivity index (χ0v) is 10.2. The number of carbonyl (C=O) groups is 1. The first-order valence-electron chi connectivity index (χ1n) is 5.64. The SMILES string of the molecule is CC(C)(C=C(C#N)C(N)=O)N1CC2(COC2)C1. The minimum atomic E-state index is -0.664. The van der Waals surface area contributed by atoms with Crippen LogP contribution in [0.4, 0.5) is 0 Å². The maximum absolute atomic E-state index is 11.0. The van der Waals surface area contributed by atoms with Gasteiger partial charge in [-0.2, -0.15) is 5.26 Å². The molecule has 5 heteroatoms. The molecule has 5 nitrogen and oxygen atoms in total. The monoisotopic (exact) mass is 235 g/mol. The summed E-state index contributed by atoms with van der Waals surface area (Å²) in [6, 6.07) is 1.84. The molecule has 2 heterocycles. The van der Waals surface area contributed by atoms with Gasteiger partial charge in [0.15, 0.2) is 0 Å². The predicted molar refractivity (Wildman–Crippen MR) is 61.8 cm³/mol. The zero-order chi connectivity index (χ0) is 12.7. The summed E-state index contributed by atoms with van der Waals surface area (Å²) in [6.07, 6.45) is 1.65. The third-order valence-electron chi connectivity index (χ3n) is 3.57. The third kappa shape index (κ3) is 2.06. The summed E-state index contributed by atoms with van der Waals surface area (Å²) in [4.78, 5) is 13.3. The van der Waals surface area contributed by atoms with Gasteiger partial charge < -0.3 is 10.5 Å². The lowest BCUT2D eigenvalue weighted by Gasteiger charge is -2.59. The zero-order valence-electron chi connectivity index (χ0n) is 10.2. The second-order valence-electron chi connectivity index (χ2n) is 5.54. The molecule has 2 N–H and O–H groups in total. The number of hydrogen-bond acceptors (Lipinski definition) is 4. The molecule has 0 aromatic heterocycles. The number of carbonyl (C=O) groups excluding carboxylic acids is 1. The van der Waals surface area contributed by atoms with Gasteiger partial charge in [0.05, 0.1) is 13.2 Å². The molecule has 0 atom stereocenters. The minimum absolute atomic E-state index is 0.0285. The molecule has 1 spiro atoms. The van der Waals surface area contributed by atoms with Crippen molar-refractivity contribution in [2.45, 2.75) is 19.4 Å². The molecule has 0 aliphatic carbocycles. The fourth-order valence-corrected chi connectivity index (χ4v) is 2.35. The van der Waals surface area contributed by atoms with Crippen molar-refractivity contribution < 1.29 is 9.53 Å². The highest BCUT2D eigenvalue weighted by atomic mass is 16.5. The maximum atomic E-state index is 11.0. The summed E-state index contributed by atoms with van der Waals surface area (Å²) in [5.74, 6) is -0.664. The lowest BCUT2D eigenvalue weighted by molar-refractivity contribution is -0.204. The summed E-state index contributed by atoms with van der Waals surface area (Å²) in [5, 5.41) is 8.83. The molecule has 17 heavy (non-hydrogen) atoms. The first kappa shape index (κ1) is 12.1. The predicted octanol–water partition coefficient (Wildman–Crippen LogP) is 0.0325. The number of rotatable bonds is 3. The summed E-state index contributed by atoms with van der Waals surface area (Å²) < 4.78 is 5.21. The van der Waals surface area contributed by atoms with Crippen LogP contribution in [-0.4, -0.2) is 42.6 Å². The van der Waals surface area contributed by atoms with Crippen LogP contribution in [0.15, 0.2) is 11.6 Å². The number of amides is 1. The van der Waals surface area contributed by atoms with Gasteiger partial charge in [-0.25, -0.2) is 0 Å². The molecule has 0 bridgehead atoms. The third-order valence-corrected chi connectivity index (χ3v) is 3.57.